The Kier molecular flexibility index (Phi) is 8.04. The van der Waals surface area contributed by atoms with Crippen LogP contribution in [0.25, 0.3) is 0 Å². The highest BCUT2D eigenvalue weighted by Crippen LogP contribution is 2.26. The van der Waals surface area contributed by atoms with E-state index in [1.165, 1.54) is 19.3 Å². The van der Waals surface area contributed by atoms with Crippen LogP contribution in [-0.2, 0) is 0 Å². The molecule has 110 valence electrons. The molecule has 0 atom stereocenters. The molecule has 4 heteroatoms. The normalized spacial score (nSPS) is 10.1. The second-order valence-electron chi connectivity index (χ2n) is 4.55. The zero-order chi connectivity index (χ0) is 14.8. The molecule has 0 aliphatic carbocycles. The highest BCUT2D eigenvalue weighted by Gasteiger charge is 2.08. The van der Waals surface area contributed by atoms with Gasteiger partial charge in [0.25, 0.3) is 5.91 Å². The van der Waals surface area contributed by atoms with Crippen LogP contribution in [0.5, 0.6) is 5.75 Å². The summed E-state index contributed by atoms with van der Waals surface area (Å²) in [6.45, 7) is 6.93. The average Bonchev–Trinajstić information content (AvgIpc) is 2.46. The number of nitrogens with one attached hydrogen (secondary N) is 1. The van der Waals surface area contributed by atoms with Gasteiger partial charge in [0.05, 0.1) is 11.1 Å². The smallest absolute Gasteiger partial charge is 0.251 e. The lowest BCUT2D eigenvalue weighted by molar-refractivity contribution is 0.0958. The highest BCUT2D eigenvalue weighted by molar-refractivity contribution is 9.10. The lowest BCUT2D eigenvalue weighted by Crippen LogP contribution is -2.23. The average molecular weight is 340 g/mol. The summed E-state index contributed by atoms with van der Waals surface area (Å²) in [5.41, 5.74) is 0.608. The van der Waals surface area contributed by atoms with Gasteiger partial charge in [0.1, 0.15) is 5.75 Å². The van der Waals surface area contributed by atoms with E-state index in [9.17, 15) is 4.79 Å². The van der Waals surface area contributed by atoms with Crippen molar-refractivity contribution in [1.29, 1.82) is 0 Å². The number of unbranched alkanes of at least 4 members (excludes halogenated alkanes) is 3. The molecule has 0 aromatic heterocycles. The van der Waals surface area contributed by atoms with Crippen LogP contribution in [0.2, 0.25) is 0 Å². The van der Waals surface area contributed by atoms with E-state index in [1.807, 2.05) is 6.07 Å². The fraction of sp³-hybridized carbons (Fsp3) is 0.438. The molecule has 1 amide bonds. The minimum atomic E-state index is -0.111. The quantitative estimate of drug-likeness (QED) is 0.537. The minimum Gasteiger partial charge on any atom is -0.492 e. The summed E-state index contributed by atoms with van der Waals surface area (Å²) in [7, 11) is 0. The van der Waals surface area contributed by atoms with E-state index in [1.54, 1.807) is 18.2 Å². The standard InChI is InChI=1S/C16H22BrNO2/c1-3-5-6-7-11-20-15-9-8-13(12-14(15)17)16(19)18-10-4-2/h4,8-9,12H,2-3,5-7,10-11H2,1H3,(H,18,19). The molecular weight excluding hydrogens is 318 g/mol. The van der Waals surface area contributed by atoms with Gasteiger partial charge in [-0.3, -0.25) is 4.79 Å². The van der Waals surface area contributed by atoms with Crippen molar-refractivity contribution in [2.45, 2.75) is 32.6 Å². The molecule has 0 bridgehead atoms. The molecule has 0 aliphatic rings. The van der Waals surface area contributed by atoms with Crippen molar-refractivity contribution < 1.29 is 9.53 Å². The molecule has 0 radical (unpaired) electrons. The fourth-order valence-corrected chi connectivity index (χ4v) is 2.23. The predicted octanol–water partition coefficient (Wildman–Crippen LogP) is 4.32. The van der Waals surface area contributed by atoms with E-state index in [0.717, 1.165) is 16.6 Å². The van der Waals surface area contributed by atoms with Crippen LogP contribution in [0.4, 0.5) is 0 Å². The highest BCUT2D eigenvalue weighted by atomic mass is 79.9. The fourth-order valence-electron chi connectivity index (χ4n) is 1.74. The van der Waals surface area contributed by atoms with Crippen LogP contribution in [0, 0.1) is 0 Å². The van der Waals surface area contributed by atoms with Crippen molar-refractivity contribution in [3.63, 3.8) is 0 Å². The monoisotopic (exact) mass is 339 g/mol. The summed E-state index contributed by atoms with van der Waals surface area (Å²) in [5, 5.41) is 2.74. The Morgan fingerprint density at radius 3 is 2.85 bits per heavy atom. The van der Waals surface area contributed by atoms with Gasteiger partial charge < -0.3 is 10.1 Å². The zero-order valence-electron chi connectivity index (χ0n) is 12.0. The second kappa shape index (κ2) is 9.59. The maximum atomic E-state index is 11.8. The number of ether oxygens (including phenoxy) is 1. The number of carbonyl (C=O) groups excluding carboxylic acids is 1. The number of benzene rings is 1. The first-order chi connectivity index (χ1) is 9.69. The zero-order valence-corrected chi connectivity index (χ0v) is 13.5. The third kappa shape index (κ3) is 5.78. The topological polar surface area (TPSA) is 38.3 Å². The van der Waals surface area contributed by atoms with Gasteiger partial charge in [0, 0.05) is 12.1 Å². The lowest BCUT2D eigenvalue weighted by Gasteiger charge is -2.09. The van der Waals surface area contributed by atoms with E-state index in [0.29, 0.717) is 18.7 Å². The predicted molar refractivity (Wildman–Crippen MR) is 86.3 cm³/mol. The first-order valence-electron chi connectivity index (χ1n) is 7.00. The van der Waals surface area contributed by atoms with Crippen LogP contribution in [-0.4, -0.2) is 19.1 Å². The van der Waals surface area contributed by atoms with Gasteiger partial charge in [-0.2, -0.15) is 0 Å². The van der Waals surface area contributed by atoms with Gasteiger partial charge in [-0.15, -0.1) is 6.58 Å². The van der Waals surface area contributed by atoms with Crippen LogP contribution in [0.15, 0.2) is 35.3 Å². The van der Waals surface area contributed by atoms with Crippen molar-refractivity contribution in [3.05, 3.63) is 40.9 Å². The molecule has 0 saturated heterocycles. The number of hydrogen-bond acceptors (Lipinski definition) is 2. The summed E-state index contributed by atoms with van der Waals surface area (Å²) in [6, 6.07) is 5.37. The second-order valence-corrected chi connectivity index (χ2v) is 5.41. The van der Waals surface area contributed by atoms with Crippen molar-refractivity contribution in [1.82, 2.24) is 5.32 Å². The molecule has 0 unspecified atom stereocenters. The Balaban J connectivity index is 2.50. The largest absolute Gasteiger partial charge is 0.492 e. The molecule has 3 nitrogen and oxygen atoms in total. The van der Waals surface area contributed by atoms with E-state index >= 15 is 0 Å². The summed E-state index contributed by atoms with van der Waals surface area (Å²) < 4.78 is 6.51. The minimum absolute atomic E-state index is 0.111. The molecule has 0 heterocycles. The first-order valence-corrected chi connectivity index (χ1v) is 7.79. The summed E-state index contributed by atoms with van der Waals surface area (Å²) >= 11 is 3.44. The van der Waals surface area contributed by atoms with E-state index in [4.69, 9.17) is 4.74 Å². The molecular formula is C16H22BrNO2. The Morgan fingerprint density at radius 1 is 1.40 bits per heavy atom. The number of carbonyl (C=O) groups is 1. The molecule has 1 N–H and O–H groups in total. The molecule has 1 aromatic carbocycles. The maximum Gasteiger partial charge on any atom is 0.251 e. The molecule has 1 rings (SSSR count). The molecule has 1 aromatic rings. The third-order valence-corrected chi connectivity index (χ3v) is 3.48. The summed E-state index contributed by atoms with van der Waals surface area (Å²) in [6.07, 6.45) is 6.36. The molecule has 0 fully saturated rings. The Bertz CT molecular complexity index is 446. The van der Waals surface area contributed by atoms with Gasteiger partial charge in [-0.25, -0.2) is 0 Å². The SMILES string of the molecule is C=CCNC(=O)c1ccc(OCCCCCC)c(Br)c1. The van der Waals surface area contributed by atoms with Crippen LogP contribution >= 0.6 is 15.9 Å². The lowest BCUT2D eigenvalue weighted by atomic mass is 10.2. The van der Waals surface area contributed by atoms with Gasteiger partial charge >= 0.3 is 0 Å². The van der Waals surface area contributed by atoms with Crippen LogP contribution in [0.3, 0.4) is 0 Å². The Morgan fingerprint density at radius 2 is 2.20 bits per heavy atom. The Labute approximate surface area is 129 Å². The van der Waals surface area contributed by atoms with Crippen molar-refractivity contribution >= 4 is 21.8 Å². The number of halogens is 1. The maximum absolute atomic E-state index is 11.8. The number of amides is 1. The van der Waals surface area contributed by atoms with Crippen molar-refractivity contribution in [2.24, 2.45) is 0 Å². The van der Waals surface area contributed by atoms with Gasteiger partial charge in [-0.1, -0.05) is 32.3 Å². The number of rotatable bonds is 9. The van der Waals surface area contributed by atoms with Crippen LogP contribution < -0.4 is 10.1 Å². The molecule has 0 aliphatic heterocycles. The third-order valence-electron chi connectivity index (χ3n) is 2.86. The molecule has 0 spiro atoms. The number of hydrogen-bond donors (Lipinski definition) is 1. The summed E-state index contributed by atoms with van der Waals surface area (Å²) in [5.74, 6) is 0.668. The first kappa shape index (κ1) is 16.8. The van der Waals surface area contributed by atoms with Gasteiger partial charge in [0.15, 0.2) is 0 Å². The van der Waals surface area contributed by atoms with E-state index in [2.05, 4.69) is 34.7 Å². The summed E-state index contributed by atoms with van der Waals surface area (Å²) in [4.78, 5) is 11.8. The van der Waals surface area contributed by atoms with Crippen molar-refractivity contribution in [2.75, 3.05) is 13.2 Å². The van der Waals surface area contributed by atoms with Crippen molar-refractivity contribution in [3.8, 4) is 5.75 Å². The van der Waals surface area contributed by atoms with Gasteiger partial charge in [-0.05, 0) is 40.5 Å². The van der Waals surface area contributed by atoms with Gasteiger partial charge in [0.2, 0.25) is 0 Å². The molecule has 20 heavy (non-hydrogen) atoms. The van der Waals surface area contributed by atoms with E-state index < -0.39 is 0 Å². The van der Waals surface area contributed by atoms with E-state index in [-0.39, 0.29) is 5.91 Å². The Hall–Kier alpha value is -1.29. The molecule has 0 saturated carbocycles. The van der Waals surface area contributed by atoms with Crippen LogP contribution in [0.1, 0.15) is 43.0 Å².